The van der Waals surface area contributed by atoms with Crippen LogP contribution in [0.3, 0.4) is 0 Å². The minimum atomic E-state index is -0.443. The van der Waals surface area contributed by atoms with Crippen LogP contribution in [-0.4, -0.2) is 16.6 Å². The molecule has 3 aromatic rings. The lowest BCUT2D eigenvalue weighted by molar-refractivity contribution is -0.595. The zero-order chi connectivity index (χ0) is 18.5. The highest BCUT2D eigenvalue weighted by Gasteiger charge is 2.26. The summed E-state index contributed by atoms with van der Waals surface area (Å²) < 4.78 is 1.95. The highest BCUT2D eigenvalue weighted by Crippen LogP contribution is 2.34. The second kappa shape index (κ2) is 7.81. The number of hydrogen-bond donors (Lipinski definition) is 1. The van der Waals surface area contributed by atoms with Gasteiger partial charge >= 0.3 is 0 Å². The second-order valence-corrected chi connectivity index (χ2v) is 6.58. The predicted octanol–water partition coefficient (Wildman–Crippen LogP) is 2.78. The molecule has 0 aliphatic heterocycles. The van der Waals surface area contributed by atoms with Gasteiger partial charge in [-0.3, -0.25) is 4.79 Å². The Bertz CT molecular complexity index is 982. The third kappa shape index (κ3) is 3.58. The Labute approximate surface area is 156 Å². The van der Waals surface area contributed by atoms with Crippen molar-refractivity contribution in [3.63, 3.8) is 0 Å². The van der Waals surface area contributed by atoms with Crippen LogP contribution in [-0.2, 0) is 4.79 Å². The van der Waals surface area contributed by atoms with Gasteiger partial charge in [0.25, 0.3) is 0 Å². The van der Waals surface area contributed by atoms with E-state index in [9.17, 15) is 10.1 Å². The summed E-state index contributed by atoms with van der Waals surface area (Å²) in [5.41, 5.74) is 9.04. The third-order valence-electron chi connectivity index (χ3n) is 3.81. The Morgan fingerprint density at radius 3 is 2.46 bits per heavy atom. The van der Waals surface area contributed by atoms with Crippen LogP contribution in [0.25, 0.3) is 16.8 Å². The molecule has 0 spiro atoms. The molecule has 0 fully saturated rings. The van der Waals surface area contributed by atoms with E-state index in [1.165, 1.54) is 11.8 Å². The largest absolute Gasteiger partial charge is 0.369 e. The quantitative estimate of drug-likeness (QED) is 0.559. The van der Waals surface area contributed by atoms with Crippen LogP contribution in [0, 0.1) is 18.3 Å². The van der Waals surface area contributed by atoms with Crippen LogP contribution in [0.5, 0.6) is 0 Å². The van der Waals surface area contributed by atoms with Crippen molar-refractivity contribution in [3.05, 3.63) is 72.2 Å². The molecule has 1 amide bonds. The van der Waals surface area contributed by atoms with Gasteiger partial charge in [0.15, 0.2) is 12.4 Å². The van der Waals surface area contributed by atoms with Crippen molar-refractivity contribution in [2.45, 2.75) is 11.9 Å². The van der Waals surface area contributed by atoms with Gasteiger partial charge in [-0.2, -0.15) is 9.83 Å². The zero-order valence-electron chi connectivity index (χ0n) is 14.2. The lowest BCUT2D eigenvalue weighted by Crippen LogP contribution is -2.32. The first kappa shape index (κ1) is 17.6. The summed E-state index contributed by atoms with van der Waals surface area (Å²) in [6.07, 6.45) is 3.85. The number of benzene rings is 1. The molecule has 0 bridgehead atoms. The normalized spacial score (nSPS) is 10.3. The van der Waals surface area contributed by atoms with E-state index in [1.807, 2.05) is 72.4 Å². The summed E-state index contributed by atoms with van der Waals surface area (Å²) in [7, 11) is 0. The number of hydrogen-bond acceptors (Lipinski definition) is 4. The van der Waals surface area contributed by atoms with Crippen LogP contribution in [0.2, 0.25) is 0 Å². The predicted molar refractivity (Wildman–Crippen MR) is 101 cm³/mol. The van der Waals surface area contributed by atoms with Crippen molar-refractivity contribution in [2.75, 3.05) is 5.75 Å². The van der Waals surface area contributed by atoms with Crippen molar-refractivity contribution in [2.24, 2.45) is 5.73 Å². The summed E-state index contributed by atoms with van der Waals surface area (Å²) in [5.74, 6) is -0.367. The monoisotopic (exact) mass is 361 g/mol. The molecule has 128 valence electrons. The summed E-state index contributed by atoms with van der Waals surface area (Å²) in [4.78, 5) is 15.8. The maximum Gasteiger partial charge on any atom is 0.241 e. The van der Waals surface area contributed by atoms with Gasteiger partial charge in [-0.05, 0) is 12.5 Å². The second-order valence-electron chi connectivity index (χ2n) is 5.62. The summed E-state index contributed by atoms with van der Waals surface area (Å²) in [6, 6.07) is 17.8. The highest BCUT2D eigenvalue weighted by molar-refractivity contribution is 8.00. The molecule has 0 saturated carbocycles. The van der Waals surface area contributed by atoms with E-state index < -0.39 is 5.91 Å². The minimum Gasteiger partial charge on any atom is -0.369 e. The first-order chi connectivity index (χ1) is 12.6. The SMILES string of the molecule is Cc1nc(SCC(N)=O)c(C#N)c(-c2ccccc2)c1-[n+]1ccccc1. The Balaban J connectivity index is 2.31. The number of rotatable bonds is 5. The lowest BCUT2D eigenvalue weighted by atomic mass is 9.98. The summed E-state index contributed by atoms with van der Waals surface area (Å²) in [6.45, 7) is 1.90. The molecule has 3 rings (SSSR count). The number of pyridine rings is 2. The van der Waals surface area contributed by atoms with Gasteiger partial charge in [0.1, 0.15) is 16.8 Å². The molecule has 0 aliphatic carbocycles. The molecule has 2 N–H and O–H groups in total. The number of nitriles is 1. The minimum absolute atomic E-state index is 0.0766. The number of nitrogens with zero attached hydrogens (tertiary/aromatic N) is 3. The average molecular weight is 361 g/mol. The van der Waals surface area contributed by atoms with Crippen LogP contribution in [0.4, 0.5) is 0 Å². The van der Waals surface area contributed by atoms with E-state index in [-0.39, 0.29) is 5.75 Å². The van der Waals surface area contributed by atoms with Crippen molar-refractivity contribution in [1.82, 2.24) is 4.98 Å². The number of primary amides is 1. The van der Waals surface area contributed by atoms with E-state index >= 15 is 0 Å². The molecule has 1 aromatic carbocycles. The molecule has 5 nitrogen and oxygen atoms in total. The van der Waals surface area contributed by atoms with Crippen LogP contribution >= 0.6 is 11.8 Å². The van der Waals surface area contributed by atoms with Crippen LogP contribution in [0.1, 0.15) is 11.3 Å². The van der Waals surface area contributed by atoms with Gasteiger partial charge in [-0.25, -0.2) is 4.98 Å². The molecular formula is C20H17N4OS+. The number of nitrogens with two attached hydrogens (primary N) is 1. The van der Waals surface area contributed by atoms with E-state index in [4.69, 9.17) is 5.73 Å². The van der Waals surface area contributed by atoms with Crippen molar-refractivity contribution >= 4 is 17.7 Å². The molecule has 0 unspecified atom stereocenters. The maximum atomic E-state index is 11.2. The summed E-state index contributed by atoms with van der Waals surface area (Å²) >= 11 is 1.19. The van der Waals surface area contributed by atoms with E-state index in [1.54, 1.807) is 0 Å². The van der Waals surface area contributed by atoms with Gasteiger partial charge in [-0.1, -0.05) is 48.2 Å². The van der Waals surface area contributed by atoms with Crippen LogP contribution in [0.15, 0.2) is 66.0 Å². The Kier molecular flexibility index (Phi) is 5.30. The number of thioether (sulfide) groups is 1. The van der Waals surface area contributed by atoms with Gasteiger partial charge in [0.2, 0.25) is 11.6 Å². The molecule has 6 heteroatoms. The lowest BCUT2D eigenvalue weighted by Gasteiger charge is -2.13. The molecule has 0 saturated heterocycles. The fraction of sp³-hybridized carbons (Fsp3) is 0.100. The molecule has 26 heavy (non-hydrogen) atoms. The smallest absolute Gasteiger partial charge is 0.241 e. The fourth-order valence-corrected chi connectivity index (χ4v) is 3.54. The number of aryl methyl sites for hydroxylation is 1. The molecule has 2 heterocycles. The summed E-state index contributed by atoms with van der Waals surface area (Å²) in [5, 5.41) is 10.4. The zero-order valence-corrected chi connectivity index (χ0v) is 15.0. The highest BCUT2D eigenvalue weighted by atomic mass is 32.2. The molecule has 0 aliphatic rings. The first-order valence-corrected chi connectivity index (χ1v) is 8.98. The van der Waals surface area contributed by atoms with Gasteiger partial charge in [0, 0.05) is 12.1 Å². The standard InChI is InChI=1S/C20H16N4OS/c1-14-19(24-10-6-3-7-11-24)18(15-8-4-2-5-9-15)16(12-21)20(23-14)26-13-17(22)25/h2-11H,13H2,1H3,(H-,22,25)/p+1. The van der Waals surface area contributed by atoms with Gasteiger partial charge in [0.05, 0.1) is 16.9 Å². The van der Waals surface area contributed by atoms with E-state index in [2.05, 4.69) is 11.1 Å². The molecular weight excluding hydrogens is 344 g/mol. The number of aromatic nitrogens is 2. The maximum absolute atomic E-state index is 11.2. The third-order valence-corrected chi connectivity index (χ3v) is 4.81. The van der Waals surface area contributed by atoms with Gasteiger partial charge in [-0.15, -0.1) is 0 Å². The number of amides is 1. The van der Waals surface area contributed by atoms with Gasteiger partial charge < -0.3 is 5.73 Å². The average Bonchev–Trinajstić information content (AvgIpc) is 2.67. The van der Waals surface area contributed by atoms with Crippen LogP contribution < -0.4 is 10.3 Å². The molecule has 0 atom stereocenters. The topological polar surface area (TPSA) is 83.6 Å². The van der Waals surface area contributed by atoms with E-state index in [0.717, 1.165) is 22.5 Å². The molecule has 2 aromatic heterocycles. The first-order valence-electron chi connectivity index (χ1n) is 7.99. The van der Waals surface area contributed by atoms with Crippen molar-refractivity contribution in [1.29, 1.82) is 5.26 Å². The fourth-order valence-electron chi connectivity index (χ4n) is 2.76. The van der Waals surface area contributed by atoms with Crippen molar-refractivity contribution < 1.29 is 9.36 Å². The number of carbonyl (C=O) groups excluding carboxylic acids is 1. The Morgan fingerprint density at radius 1 is 1.19 bits per heavy atom. The van der Waals surface area contributed by atoms with Crippen molar-refractivity contribution in [3.8, 4) is 22.9 Å². The van der Waals surface area contributed by atoms with E-state index in [0.29, 0.717) is 10.6 Å². The number of carbonyl (C=O) groups is 1. The Morgan fingerprint density at radius 2 is 1.85 bits per heavy atom. The Hall–Kier alpha value is -3.17. The molecule has 0 radical (unpaired) electrons.